The third-order valence-corrected chi connectivity index (χ3v) is 6.23. The quantitative estimate of drug-likeness (QED) is 0.826. The number of carbonyl (C=O) groups excluding carboxylic acids is 1. The summed E-state index contributed by atoms with van der Waals surface area (Å²) in [5.74, 6) is 1.04. The first-order valence-corrected chi connectivity index (χ1v) is 9.35. The van der Waals surface area contributed by atoms with E-state index in [1.165, 1.54) is 29.8 Å². The predicted octanol–water partition coefficient (Wildman–Crippen LogP) is 1.74. The SMILES string of the molecule is COc1ccc(S(=O)(=O)N2CCN(C(=O)c3ccoc3C)CC2)cc1. The number of piperazine rings is 1. The maximum Gasteiger partial charge on any atom is 0.257 e. The van der Waals surface area contributed by atoms with Crippen molar-refractivity contribution in [1.82, 2.24) is 9.21 Å². The second-order valence-electron chi connectivity index (χ2n) is 5.76. The molecule has 0 saturated carbocycles. The molecule has 25 heavy (non-hydrogen) atoms. The minimum Gasteiger partial charge on any atom is -0.497 e. The summed E-state index contributed by atoms with van der Waals surface area (Å²) in [5, 5.41) is 0. The molecule has 134 valence electrons. The monoisotopic (exact) mass is 364 g/mol. The zero-order chi connectivity index (χ0) is 18.0. The first kappa shape index (κ1) is 17.5. The fraction of sp³-hybridized carbons (Fsp3) is 0.353. The van der Waals surface area contributed by atoms with Crippen LogP contribution in [-0.4, -0.2) is 56.8 Å². The number of nitrogens with zero attached hydrogens (tertiary/aromatic N) is 2. The highest BCUT2D eigenvalue weighted by Crippen LogP contribution is 2.21. The van der Waals surface area contributed by atoms with Crippen molar-refractivity contribution in [1.29, 1.82) is 0 Å². The van der Waals surface area contributed by atoms with Crippen LogP contribution < -0.4 is 4.74 Å². The van der Waals surface area contributed by atoms with Crippen LogP contribution in [0.25, 0.3) is 0 Å². The van der Waals surface area contributed by atoms with Crippen molar-refractivity contribution >= 4 is 15.9 Å². The van der Waals surface area contributed by atoms with Gasteiger partial charge in [0.05, 0.1) is 23.8 Å². The van der Waals surface area contributed by atoms with Gasteiger partial charge in [-0.15, -0.1) is 0 Å². The van der Waals surface area contributed by atoms with Crippen molar-refractivity contribution in [3.63, 3.8) is 0 Å². The van der Waals surface area contributed by atoms with Crippen LogP contribution in [0.1, 0.15) is 16.1 Å². The molecular weight excluding hydrogens is 344 g/mol. The molecule has 0 radical (unpaired) electrons. The molecule has 0 N–H and O–H groups in total. The molecule has 1 aromatic carbocycles. The van der Waals surface area contributed by atoms with Crippen LogP contribution in [0.2, 0.25) is 0 Å². The Kier molecular flexibility index (Phi) is 4.82. The van der Waals surface area contributed by atoms with E-state index in [4.69, 9.17) is 9.15 Å². The lowest BCUT2D eigenvalue weighted by atomic mass is 10.2. The third kappa shape index (κ3) is 3.40. The summed E-state index contributed by atoms with van der Waals surface area (Å²) in [6.45, 7) is 2.95. The molecule has 2 heterocycles. The summed E-state index contributed by atoms with van der Waals surface area (Å²) < 4.78 is 37.0. The second-order valence-corrected chi connectivity index (χ2v) is 7.70. The van der Waals surface area contributed by atoms with Crippen LogP contribution in [0, 0.1) is 6.92 Å². The number of furan rings is 1. The van der Waals surface area contributed by atoms with E-state index < -0.39 is 10.0 Å². The van der Waals surface area contributed by atoms with E-state index in [1.54, 1.807) is 30.0 Å². The number of hydrogen-bond acceptors (Lipinski definition) is 5. The van der Waals surface area contributed by atoms with Gasteiger partial charge in [0.2, 0.25) is 10.0 Å². The van der Waals surface area contributed by atoms with Crippen molar-refractivity contribution in [2.45, 2.75) is 11.8 Å². The molecule has 0 unspecified atom stereocenters. The molecule has 0 aliphatic carbocycles. The molecule has 1 aromatic heterocycles. The second kappa shape index (κ2) is 6.89. The van der Waals surface area contributed by atoms with Gasteiger partial charge in [0.15, 0.2) is 0 Å². The van der Waals surface area contributed by atoms with Gasteiger partial charge in [-0.2, -0.15) is 4.31 Å². The Hall–Kier alpha value is -2.32. The van der Waals surface area contributed by atoms with Gasteiger partial charge in [-0.05, 0) is 37.3 Å². The summed E-state index contributed by atoms with van der Waals surface area (Å²) >= 11 is 0. The van der Waals surface area contributed by atoms with E-state index in [-0.39, 0.29) is 23.9 Å². The average Bonchev–Trinajstić information content (AvgIpc) is 3.07. The molecule has 2 aromatic rings. The molecule has 0 atom stereocenters. The Morgan fingerprint density at radius 2 is 1.72 bits per heavy atom. The molecule has 1 aliphatic rings. The van der Waals surface area contributed by atoms with Gasteiger partial charge in [-0.3, -0.25) is 4.79 Å². The highest BCUT2D eigenvalue weighted by Gasteiger charge is 2.31. The number of carbonyl (C=O) groups is 1. The first-order chi connectivity index (χ1) is 11.9. The summed E-state index contributed by atoms with van der Waals surface area (Å²) in [7, 11) is -2.05. The van der Waals surface area contributed by atoms with Crippen LogP contribution in [0.5, 0.6) is 5.75 Å². The minimum atomic E-state index is -3.58. The van der Waals surface area contributed by atoms with Gasteiger partial charge < -0.3 is 14.1 Å². The number of amides is 1. The zero-order valence-corrected chi connectivity index (χ0v) is 15.0. The van der Waals surface area contributed by atoms with Gasteiger partial charge in [0, 0.05) is 26.2 Å². The van der Waals surface area contributed by atoms with Crippen molar-refractivity contribution in [3.8, 4) is 5.75 Å². The van der Waals surface area contributed by atoms with E-state index in [9.17, 15) is 13.2 Å². The summed E-state index contributed by atoms with van der Waals surface area (Å²) in [5.41, 5.74) is 0.520. The number of ether oxygens (including phenoxy) is 1. The summed E-state index contributed by atoms with van der Waals surface area (Å²) in [6.07, 6.45) is 1.48. The Morgan fingerprint density at radius 1 is 1.08 bits per heavy atom. The molecule has 0 bridgehead atoms. The molecule has 8 heteroatoms. The van der Waals surface area contributed by atoms with Gasteiger partial charge >= 0.3 is 0 Å². The Bertz CT molecular complexity index is 849. The Balaban J connectivity index is 1.68. The highest BCUT2D eigenvalue weighted by atomic mass is 32.2. The third-order valence-electron chi connectivity index (χ3n) is 4.31. The number of aryl methyl sites for hydroxylation is 1. The molecule has 0 spiro atoms. The average molecular weight is 364 g/mol. The number of benzene rings is 1. The van der Waals surface area contributed by atoms with E-state index in [0.29, 0.717) is 30.2 Å². The molecule has 1 fully saturated rings. The van der Waals surface area contributed by atoms with Crippen molar-refractivity contribution in [2.75, 3.05) is 33.3 Å². The number of rotatable bonds is 4. The lowest BCUT2D eigenvalue weighted by Crippen LogP contribution is -2.50. The van der Waals surface area contributed by atoms with E-state index >= 15 is 0 Å². The topological polar surface area (TPSA) is 80.1 Å². The van der Waals surface area contributed by atoms with Crippen molar-refractivity contribution in [2.24, 2.45) is 0 Å². The fourth-order valence-electron chi connectivity index (χ4n) is 2.81. The van der Waals surface area contributed by atoms with Gasteiger partial charge in [0.1, 0.15) is 11.5 Å². The molecule has 1 amide bonds. The van der Waals surface area contributed by atoms with Crippen molar-refractivity contribution in [3.05, 3.63) is 47.9 Å². The normalized spacial score (nSPS) is 16.0. The summed E-state index contributed by atoms with van der Waals surface area (Å²) in [4.78, 5) is 14.3. The lowest BCUT2D eigenvalue weighted by molar-refractivity contribution is 0.0696. The van der Waals surface area contributed by atoms with Crippen molar-refractivity contribution < 1.29 is 22.4 Å². The number of methoxy groups -OCH3 is 1. The van der Waals surface area contributed by atoms with E-state index in [0.717, 1.165) is 0 Å². The van der Waals surface area contributed by atoms with Gasteiger partial charge in [-0.25, -0.2) is 8.42 Å². The minimum absolute atomic E-state index is 0.132. The Morgan fingerprint density at radius 3 is 2.24 bits per heavy atom. The fourth-order valence-corrected chi connectivity index (χ4v) is 4.23. The maximum atomic E-state index is 12.7. The van der Waals surface area contributed by atoms with E-state index in [1.807, 2.05) is 0 Å². The standard InChI is InChI=1S/C17H20N2O5S/c1-13-16(7-12-24-13)17(20)18-8-10-19(11-9-18)25(21,22)15-5-3-14(23-2)4-6-15/h3-7,12H,8-11H2,1-2H3. The van der Waals surface area contributed by atoms with Gasteiger partial charge in [0.25, 0.3) is 5.91 Å². The van der Waals surface area contributed by atoms with Crippen LogP contribution in [0.3, 0.4) is 0 Å². The predicted molar refractivity (Wildman–Crippen MR) is 91.1 cm³/mol. The lowest BCUT2D eigenvalue weighted by Gasteiger charge is -2.34. The number of sulfonamides is 1. The highest BCUT2D eigenvalue weighted by molar-refractivity contribution is 7.89. The number of hydrogen-bond donors (Lipinski definition) is 0. The van der Waals surface area contributed by atoms with Crippen LogP contribution in [0.4, 0.5) is 0 Å². The Labute approximate surface area is 146 Å². The van der Waals surface area contributed by atoms with Crippen LogP contribution in [-0.2, 0) is 10.0 Å². The summed E-state index contributed by atoms with van der Waals surface area (Å²) in [6, 6.07) is 7.93. The van der Waals surface area contributed by atoms with E-state index in [2.05, 4.69) is 0 Å². The molecule has 7 nitrogen and oxygen atoms in total. The van der Waals surface area contributed by atoms with Crippen LogP contribution in [0.15, 0.2) is 45.9 Å². The maximum absolute atomic E-state index is 12.7. The first-order valence-electron chi connectivity index (χ1n) is 7.91. The molecule has 3 rings (SSSR count). The molecule has 1 aliphatic heterocycles. The largest absolute Gasteiger partial charge is 0.497 e. The smallest absolute Gasteiger partial charge is 0.257 e. The zero-order valence-electron chi connectivity index (χ0n) is 14.1. The van der Waals surface area contributed by atoms with Crippen LogP contribution >= 0.6 is 0 Å². The molecule has 1 saturated heterocycles. The molecular formula is C17H20N2O5S. The van der Waals surface area contributed by atoms with Gasteiger partial charge in [-0.1, -0.05) is 0 Å².